The normalized spacial score (nSPS) is 22.0. The Balaban J connectivity index is 1.47. The van der Waals surface area contributed by atoms with Crippen LogP contribution in [0.25, 0.3) is 0 Å². The lowest BCUT2D eigenvalue weighted by Gasteiger charge is -2.44. The number of benzene rings is 1. The summed E-state index contributed by atoms with van der Waals surface area (Å²) in [5.74, 6) is 4.47. The summed E-state index contributed by atoms with van der Waals surface area (Å²) >= 11 is 0. The monoisotopic (exact) mass is 359 g/mol. The highest BCUT2D eigenvalue weighted by atomic mass is 16.4. The number of nitrogens with zero attached hydrogens (tertiary/aromatic N) is 4. The number of piperidine rings is 1. The summed E-state index contributed by atoms with van der Waals surface area (Å²) in [5, 5.41) is 12.7. The number of carboxylic acids is 1. The van der Waals surface area contributed by atoms with Gasteiger partial charge in [-0.2, -0.15) is 5.10 Å². The molecule has 0 saturated carbocycles. The van der Waals surface area contributed by atoms with Crippen molar-refractivity contribution in [2.45, 2.75) is 31.8 Å². The molecule has 142 valence electrons. The Bertz CT molecular complexity index is 617. The van der Waals surface area contributed by atoms with Crippen molar-refractivity contribution in [2.24, 2.45) is 10.9 Å². The van der Waals surface area contributed by atoms with Gasteiger partial charge >= 0.3 is 5.97 Å². The summed E-state index contributed by atoms with van der Waals surface area (Å²) in [4.78, 5) is 18.2. The number of nitrogens with two attached hydrogens (primary N) is 1. The minimum absolute atomic E-state index is 0.375. The van der Waals surface area contributed by atoms with Crippen LogP contribution in [0.4, 0.5) is 5.69 Å². The number of hydrogen-bond acceptors (Lipinski definition) is 6. The van der Waals surface area contributed by atoms with Crippen LogP contribution in [0.1, 0.15) is 25.3 Å². The predicted molar refractivity (Wildman–Crippen MR) is 104 cm³/mol. The highest BCUT2D eigenvalue weighted by molar-refractivity contribution is 5.80. The van der Waals surface area contributed by atoms with E-state index in [1.165, 1.54) is 5.69 Å². The van der Waals surface area contributed by atoms with E-state index in [4.69, 9.17) is 10.9 Å². The van der Waals surface area contributed by atoms with Crippen LogP contribution in [0, 0.1) is 0 Å². The van der Waals surface area contributed by atoms with Gasteiger partial charge in [0, 0.05) is 51.0 Å². The molecule has 1 atom stereocenters. The molecule has 3 rings (SSSR count). The van der Waals surface area contributed by atoms with Gasteiger partial charge in [0.05, 0.1) is 6.21 Å². The molecule has 0 aromatic heterocycles. The quantitative estimate of drug-likeness (QED) is 0.464. The van der Waals surface area contributed by atoms with Crippen molar-refractivity contribution in [3.05, 3.63) is 29.8 Å². The topological polar surface area (TPSA) is 85.4 Å². The fourth-order valence-electron chi connectivity index (χ4n) is 4.00. The van der Waals surface area contributed by atoms with E-state index in [2.05, 4.69) is 31.9 Å². The number of hydrogen-bond donors (Lipinski definition) is 2. The Hall–Kier alpha value is -2.12. The maximum absolute atomic E-state index is 11.1. The fraction of sp³-hybridized carbons (Fsp3) is 0.579. The van der Waals surface area contributed by atoms with E-state index >= 15 is 0 Å². The summed E-state index contributed by atoms with van der Waals surface area (Å²) < 4.78 is 0. The highest BCUT2D eigenvalue weighted by Gasteiger charge is 2.30. The zero-order valence-electron chi connectivity index (χ0n) is 15.4. The van der Waals surface area contributed by atoms with Crippen LogP contribution < -0.4 is 10.7 Å². The highest BCUT2D eigenvalue weighted by Crippen LogP contribution is 2.22. The van der Waals surface area contributed by atoms with Gasteiger partial charge in [-0.25, -0.2) is 0 Å². The third-order valence-electron chi connectivity index (χ3n) is 5.72. The van der Waals surface area contributed by atoms with Crippen molar-refractivity contribution in [3.63, 3.8) is 0 Å². The van der Waals surface area contributed by atoms with E-state index in [0.717, 1.165) is 57.7 Å². The molecule has 0 spiro atoms. The van der Waals surface area contributed by atoms with E-state index in [1.54, 1.807) is 13.1 Å². The Morgan fingerprint density at radius 2 is 1.77 bits per heavy atom. The Morgan fingerprint density at radius 3 is 2.31 bits per heavy atom. The minimum Gasteiger partial charge on any atom is -0.480 e. The number of carboxylic acid groups (broad SMARTS) is 1. The first-order valence-electron chi connectivity index (χ1n) is 9.37. The van der Waals surface area contributed by atoms with Crippen molar-refractivity contribution >= 4 is 17.9 Å². The summed E-state index contributed by atoms with van der Waals surface area (Å²) in [7, 11) is 0. The summed E-state index contributed by atoms with van der Waals surface area (Å²) in [6, 6.07) is 8.53. The van der Waals surface area contributed by atoms with Crippen LogP contribution in [-0.4, -0.2) is 78.4 Å². The standard InChI is InChI=1S/C19H29N5O2/c1-15(19(25)26)22-8-6-18(7-9-22)24-12-10-23(11-13-24)17-4-2-16(3-5-17)14-21-20/h2-5,14-15,18H,6-13,20H2,1H3,(H,25,26). The van der Waals surface area contributed by atoms with Crippen molar-refractivity contribution in [3.8, 4) is 0 Å². The molecule has 0 aliphatic carbocycles. The number of anilines is 1. The zero-order valence-corrected chi connectivity index (χ0v) is 15.4. The van der Waals surface area contributed by atoms with Crippen LogP contribution >= 0.6 is 0 Å². The molecule has 0 radical (unpaired) electrons. The molecule has 1 aromatic rings. The van der Waals surface area contributed by atoms with Crippen molar-refractivity contribution in [2.75, 3.05) is 44.2 Å². The summed E-state index contributed by atoms with van der Waals surface area (Å²) in [5.41, 5.74) is 2.25. The molecule has 2 aliphatic rings. The molecule has 0 amide bonds. The molecule has 1 unspecified atom stereocenters. The molecule has 1 aromatic carbocycles. The van der Waals surface area contributed by atoms with E-state index in [1.807, 2.05) is 12.1 Å². The van der Waals surface area contributed by atoms with Gasteiger partial charge < -0.3 is 15.8 Å². The predicted octanol–water partition coefficient (Wildman–Crippen LogP) is 1.04. The lowest BCUT2D eigenvalue weighted by atomic mass is 10.0. The van der Waals surface area contributed by atoms with E-state index in [9.17, 15) is 4.79 Å². The fourth-order valence-corrected chi connectivity index (χ4v) is 4.00. The first-order valence-corrected chi connectivity index (χ1v) is 9.37. The Morgan fingerprint density at radius 1 is 1.15 bits per heavy atom. The van der Waals surface area contributed by atoms with Gasteiger partial charge in [-0.1, -0.05) is 12.1 Å². The molecule has 3 N–H and O–H groups in total. The van der Waals surface area contributed by atoms with E-state index in [0.29, 0.717) is 6.04 Å². The maximum atomic E-state index is 11.1. The number of carbonyl (C=O) groups is 1. The second-order valence-electron chi connectivity index (χ2n) is 7.17. The van der Waals surface area contributed by atoms with Crippen LogP contribution in [0.2, 0.25) is 0 Å². The van der Waals surface area contributed by atoms with Crippen molar-refractivity contribution in [1.82, 2.24) is 9.80 Å². The van der Waals surface area contributed by atoms with E-state index < -0.39 is 5.97 Å². The van der Waals surface area contributed by atoms with E-state index in [-0.39, 0.29) is 6.04 Å². The molecule has 2 heterocycles. The van der Waals surface area contributed by atoms with Crippen molar-refractivity contribution < 1.29 is 9.90 Å². The second-order valence-corrected chi connectivity index (χ2v) is 7.17. The SMILES string of the molecule is CC(C(=O)O)N1CCC(N2CCN(c3ccc(C=NN)cc3)CC2)CC1. The van der Waals surface area contributed by atoms with Gasteiger partial charge in [-0.05, 0) is 37.5 Å². The lowest BCUT2D eigenvalue weighted by molar-refractivity contribution is -0.143. The number of rotatable bonds is 5. The van der Waals surface area contributed by atoms with Crippen LogP contribution in [-0.2, 0) is 4.79 Å². The van der Waals surface area contributed by atoms with Crippen LogP contribution in [0.15, 0.2) is 29.4 Å². The molecule has 7 heteroatoms. The molecule has 0 bridgehead atoms. The number of likely N-dealkylation sites (tertiary alicyclic amines) is 1. The van der Waals surface area contributed by atoms with Gasteiger partial charge in [-0.3, -0.25) is 14.6 Å². The molecular formula is C19H29N5O2. The third kappa shape index (κ3) is 4.34. The van der Waals surface area contributed by atoms with Gasteiger partial charge in [0.15, 0.2) is 0 Å². The third-order valence-corrected chi connectivity index (χ3v) is 5.72. The summed E-state index contributed by atoms with van der Waals surface area (Å²) in [6.07, 6.45) is 3.77. The van der Waals surface area contributed by atoms with Gasteiger partial charge in [0.25, 0.3) is 0 Å². The number of hydrazone groups is 1. The molecule has 7 nitrogen and oxygen atoms in total. The lowest BCUT2D eigenvalue weighted by Crippen LogP contribution is -2.54. The Labute approximate surface area is 155 Å². The number of aliphatic carboxylic acids is 1. The Kier molecular flexibility index (Phi) is 6.11. The summed E-state index contributed by atoms with van der Waals surface area (Å²) in [6.45, 7) is 7.71. The van der Waals surface area contributed by atoms with Gasteiger partial charge in [0.2, 0.25) is 0 Å². The maximum Gasteiger partial charge on any atom is 0.320 e. The van der Waals surface area contributed by atoms with Gasteiger partial charge in [-0.15, -0.1) is 0 Å². The average molecular weight is 359 g/mol. The first-order chi connectivity index (χ1) is 12.6. The molecule has 26 heavy (non-hydrogen) atoms. The molecular weight excluding hydrogens is 330 g/mol. The number of piperazine rings is 1. The first kappa shape index (κ1) is 18.7. The van der Waals surface area contributed by atoms with Gasteiger partial charge in [0.1, 0.15) is 6.04 Å². The smallest absolute Gasteiger partial charge is 0.320 e. The van der Waals surface area contributed by atoms with Crippen LogP contribution in [0.3, 0.4) is 0 Å². The molecule has 2 fully saturated rings. The molecule has 2 saturated heterocycles. The minimum atomic E-state index is -0.721. The zero-order chi connectivity index (χ0) is 18.5. The van der Waals surface area contributed by atoms with Crippen LogP contribution in [0.5, 0.6) is 0 Å². The molecule has 2 aliphatic heterocycles. The largest absolute Gasteiger partial charge is 0.480 e. The second kappa shape index (κ2) is 8.51. The average Bonchev–Trinajstić information content (AvgIpc) is 2.68. The van der Waals surface area contributed by atoms with Crippen molar-refractivity contribution in [1.29, 1.82) is 0 Å².